The Bertz CT molecular complexity index is 222. The SMILES string of the molecule is CC(=O)O.CCCCCCCC.N=C(N)NC(=N)N. The molecule has 0 radical (unpaired) electrons. The lowest BCUT2D eigenvalue weighted by Crippen LogP contribution is -2.39. The van der Waals surface area contributed by atoms with Crippen molar-refractivity contribution >= 4 is 17.9 Å². The number of aliphatic carboxylic acids is 1. The van der Waals surface area contributed by atoms with Crippen molar-refractivity contribution < 1.29 is 9.90 Å². The normalized spacial score (nSPS) is 8.16. The molecule has 0 aliphatic carbocycles. The first kappa shape index (κ1) is 22.4. The molecule has 0 unspecified atom stereocenters. The van der Waals surface area contributed by atoms with Crippen LogP contribution in [0.1, 0.15) is 59.3 Å². The van der Waals surface area contributed by atoms with E-state index in [2.05, 4.69) is 13.8 Å². The van der Waals surface area contributed by atoms with Crippen LogP contribution in [0.3, 0.4) is 0 Å². The van der Waals surface area contributed by atoms with E-state index in [0.29, 0.717) is 0 Å². The van der Waals surface area contributed by atoms with E-state index in [4.69, 9.17) is 32.2 Å². The lowest BCUT2D eigenvalue weighted by atomic mass is 10.1. The molecule has 7 nitrogen and oxygen atoms in total. The first-order valence-electron chi connectivity index (χ1n) is 6.42. The van der Waals surface area contributed by atoms with Crippen molar-refractivity contribution in [2.45, 2.75) is 59.3 Å². The first-order valence-corrected chi connectivity index (χ1v) is 6.42. The third-order valence-corrected chi connectivity index (χ3v) is 1.73. The molecule has 0 amide bonds. The minimum Gasteiger partial charge on any atom is -0.481 e. The summed E-state index contributed by atoms with van der Waals surface area (Å²) in [5.41, 5.74) is 9.49. The Morgan fingerprint density at radius 2 is 1.26 bits per heavy atom. The maximum absolute atomic E-state index is 9.00. The number of hydrogen-bond donors (Lipinski definition) is 6. The smallest absolute Gasteiger partial charge is 0.300 e. The Hall–Kier alpha value is -1.79. The average Bonchev–Trinajstić information content (AvgIpc) is 2.22. The molecule has 0 heterocycles. The van der Waals surface area contributed by atoms with Gasteiger partial charge in [-0.2, -0.15) is 0 Å². The summed E-state index contributed by atoms with van der Waals surface area (Å²) in [4.78, 5) is 9.00. The van der Waals surface area contributed by atoms with Gasteiger partial charge in [0.1, 0.15) is 0 Å². The summed E-state index contributed by atoms with van der Waals surface area (Å²) in [5.74, 6) is -1.46. The van der Waals surface area contributed by atoms with Crippen LogP contribution in [0.4, 0.5) is 0 Å². The number of rotatable bonds is 5. The number of unbranched alkanes of at least 4 members (excludes halogenated alkanes) is 5. The summed E-state index contributed by atoms with van der Waals surface area (Å²) in [7, 11) is 0. The number of carbonyl (C=O) groups is 1. The standard InChI is InChI=1S/C8H18.C2H7N5.C2H4O2/c1-3-5-7-8-6-4-2;3-1(4)7-2(5)6;1-2(3)4/h3-8H2,1-2H3;(H7,3,4,5,6,7);1H3,(H,3,4). The van der Waals surface area contributed by atoms with Crippen LogP contribution in [0.2, 0.25) is 0 Å². The zero-order valence-corrected chi connectivity index (χ0v) is 12.3. The molecule has 0 spiro atoms. The van der Waals surface area contributed by atoms with Crippen LogP contribution in [0.15, 0.2) is 0 Å². The van der Waals surface area contributed by atoms with Crippen LogP contribution in [-0.2, 0) is 4.79 Å². The molecule has 0 aliphatic rings. The molecule has 8 N–H and O–H groups in total. The zero-order chi connectivity index (χ0) is 15.7. The predicted molar refractivity (Wildman–Crippen MR) is 79.3 cm³/mol. The Morgan fingerprint density at radius 3 is 1.37 bits per heavy atom. The fraction of sp³-hybridized carbons (Fsp3) is 0.750. The maximum atomic E-state index is 9.00. The molecule has 0 rings (SSSR count). The van der Waals surface area contributed by atoms with Gasteiger partial charge in [-0.05, 0) is 0 Å². The monoisotopic (exact) mass is 275 g/mol. The largest absolute Gasteiger partial charge is 0.481 e. The highest BCUT2D eigenvalue weighted by Gasteiger charge is 1.84. The number of hydrogen-bond acceptors (Lipinski definition) is 3. The highest BCUT2D eigenvalue weighted by atomic mass is 16.4. The molecule has 0 fully saturated rings. The predicted octanol–water partition coefficient (Wildman–Crippen LogP) is 1.82. The average molecular weight is 275 g/mol. The van der Waals surface area contributed by atoms with Crippen LogP contribution >= 0.6 is 0 Å². The van der Waals surface area contributed by atoms with E-state index in [-0.39, 0.29) is 11.9 Å². The third-order valence-electron chi connectivity index (χ3n) is 1.73. The van der Waals surface area contributed by atoms with Crippen LogP contribution in [-0.4, -0.2) is 23.0 Å². The number of nitrogens with two attached hydrogens (primary N) is 2. The van der Waals surface area contributed by atoms with E-state index >= 15 is 0 Å². The molecule has 114 valence electrons. The second kappa shape index (κ2) is 18.6. The van der Waals surface area contributed by atoms with Crippen molar-refractivity contribution in [1.29, 1.82) is 10.8 Å². The molecule has 0 saturated heterocycles. The van der Waals surface area contributed by atoms with Gasteiger partial charge < -0.3 is 16.6 Å². The summed E-state index contributed by atoms with van der Waals surface area (Å²) >= 11 is 0. The molecule has 19 heavy (non-hydrogen) atoms. The van der Waals surface area contributed by atoms with Crippen molar-refractivity contribution in [2.24, 2.45) is 11.5 Å². The molecule has 0 bridgehead atoms. The summed E-state index contributed by atoms with van der Waals surface area (Å²) in [5, 5.41) is 22.4. The number of carboxylic acids is 1. The number of carboxylic acid groups (broad SMARTS) is 1. The van der Waals surface area contributed by atoms with Gasteiger partial charge in [-0.25, -0.2) is 0 Å². The van der Waals surface area contributed by atoms with Crippen LogP contribution in [0, 0.1) is 10.8 Å². The van der Waals surface area contributed by atoms with E-state index in [0.717, 1.165) is 6.92 Å². The Balaban J connectivity index is -0.000000214. The number of guanidine groups is 2. The quantitative estimate of drug-likeness (QED) is 0.257. The second-order valence-corrected chi connectivity index (χ2v) is 3.89. The van der Waals surface area contributed by atoms with Crippen LogP contribution < -0.4 is 16.8 Å². The molecule has 0 saturated carbocycles. The van der Waals surface area contributed by atoms with E-state index in [1.165, 1.54) is 38.5 Å². The van der Waals surface area contributed by atoms with Gasteiger partial charge >= 0.3 is 0 Å². The van der Waals surface area contributed by atoms with Gasteiger partial charge in [0.15, 0.2) is 11.9 Å². The highest BCUT2D eigenvalue weighted by Crippen LogP contribution is 2.03. The Labute approximate surface area is 115 Å². The van der Waals surface area contributed by atoms with Crippen molar-refractivity contribution in [2.75, 3.05) is 0 Å². The van der Waals surface area contributed by atoms with Gasteiger partial charge in [0.2, 0.25) is 0 Å². The molecule has 0 aromatic heterocycles. The molecule has 0 atom stereocenters. The molecule has 7 heteroatoms. The van der Waals surface area contributed by atoms with Gasteiger partial charge in [0.25, 0.3) is 5.97 Å². The first-order chi connectivity index (χ1) is 8.77. The highest BCUT2D eigenvalue weighted by molar-refractivity contribution is 5.93. The molecular weight excluding hydrogens is 246 g/mol. The van der Waals surface area contributed by atoms with E-state index in [9.17, 15) is 0 Å². The molecule has 0 aromatic rings. The lowest BCUT2D eigenvalue weighted by molar-refractivity contribution is -0.134. The van der Waals surface area contributed by atoms with Gasteiger partial charge in [0, 0.05) is 6.92 Å². The summed E-state index contributed by atoms with van der Waals surface area (Å²) < 4.78 is 0. The minimum absolute atomic E-state index is 0.312. The maximum Gasteiger partial charge on any atom is 0.300 e. The van der Waals surface area contributed by atoms with Gasteiger partial charge in [-0.1, -0.05) is 52.4 Å². The van der Waals surface area contributed by atoms with Crippen molar-refractivity contribution in [3.05, 3.63) is 0 Å². The fourth-order valence-electron chi connectivity index (χ4n) is 0.999. The molecular formula is C12H29N5O2. The van der Waals surface area contributed by atoms with E-state index in [1.807, 2.05) is 5.32 Å². The summed E-state index contributed by atoms with van der Waals surface area (Å²) in [6.45, 7) is 5.60. The van der Waals surface area contributed by atoms with Gasteiger partial charge in [-0.15, -0.1) is 0 Å². The summed E-state index contributed by atoms with van der Waals surface area (Å²) in [6.07, 6.45) is 8.49. The Morgan fingerprint density at radius 1 is 1.00 bits per heavy atom. The van der Waals surface area contributed by atoms with Crippen molar-refractivity contribution in [1.82, 2.24) is 5.32 Å². The van der Waals surface area contributed by atoms with Crippen molar-refractivity contribution in [3.63, 3.8) is 0 Å². The van der Waals surface area contributed by atoms with Crippen LogP contribution in [0.25, 0.3) is 0 Å². The van der Waals surface area contributed by atoms with Gasteiger partial charge in [-0.3, -0.25) is 20.9 Å². The van der Waals surface area contributed by atoms with E-state index in [1.54, 1.807) is 0 Å². The zero-order valence-electron chi connectivity index (χ0n) is 12.3. The minimum atomic E-state index is -0.833. The van der Waals surface area contributed by atoms with Crippen LogP contribution in [0.5, 0.6) is 0 Å². The number of nitrogens with one attached hydrogen (secondary N) is 3. The van der Waals surface area contributed by atoms with Crippen molar-refractivity contribution in [3.8, 4) is 0 Å². The Kier molecular flexibility index (Phi) is 21.9. The third kappa shape index (κ3) is 63.0. The molecule has 0 aromatic carbocycles. The topological polar surface area (TPSA) is 149 Å². The van der Waals surface area contributed by atoms with E-state index < -0.39 is 5.97 Å². The van der Waals surface area contributed by atoms with Gasteiger partial charge in [0.05, 0.1) is 0 Å². The molecule has 0 aliphatic heterocycles. The lowest BCUT2D eigenvalue weighted by Gasteiger charge is -1.95. The summed E-state index contributed by atoms with van der Waals surface area (Å²) in [6, 6.07) is 0. The fourth-order valence-corrected chi connectivity index (χ4v) is 0.999. The second-order valence-electron chi connectivity index (χ2n) is 3.89.